The number of hydrogen-bond acceptors (Lipinski definition) is 5. The highest BCUT2D eigenvalue weighted by atomic mass is 32.2. The molecule has 2 aromatic rings. The number of carbonyl (C=O) groups excluding carboxylic acids is 1. The molecule has 0 saturated carbocycles. The zero-order valence-corrected chi connectivity index (χ0v) is 13.4. The number of ether oxygens (including phenoxy) is 1. The van der Waals surface area contributed by atoms with Gasteiger partial charge in [0.15, 0.2) is 0 Å². The van der Waals surface area contributed by atoms with Crippen LogP contribution in [0, 0.1) is 5.92 Å². The van der Waals surface area contributed by atoms with Gasteiger partial charge in [-0.05, 0) is 24.3 Å². The largest absolute Gasteiger partial charge is 0.469 e. The number of rotatable bonds is 6. The van der Waals surface area contributed by atoms with E-state index in [-0.39, 0.29) is 5.25 Å². The third-order valence-electron chi connectivity index (χ3n) is 3.38. The molecule has 116 valence electrons. The summed E-state index contributed by atoms with van der Waals surface area (Å²) in [6.45, 7) is 1.91. The molecule has 1 N–H and O–H groups in total. The normalized spacial score (nSPS) is 14.9. The molecule has 0 fully saturated rings. The lowest BCUT2D eigenvalue weighted by molar-refractivity contribution is -0.149. The van der Waals surface area contributed by atoms with Crippen molar-refractivity contribution in [2.75, 3.05) is 7.11 Å². The zero-order valence-electron chi connectivity index (χ0n) is 12.5. The van der Waals surface area contributed by atoms with Crippen LogP contribution in [-0.2, 0) is 9.53 Å². The molecule has 0 aliphatic heterocycles. The summed E-state index contributed by atoms with van der Waals surface area (Å²) in [7, 11) is 1.33. The topological polar surface area (TPSA) is 59.4 Å². The number of methoxy groups -OCH3 is 1. The van der Waals surface area contributed by atoms with Gasteiger partial charge in [0, 0.05) is 16.3 Å². The lowest BCUT2D eigenvalue weighted by Crippen LogP contribution is -2.31. The first kappa shape index (κ1) is 16.5. The van der Waals surface area contributed by atoms with Crippen molar-refractivity contribution >= 4 is 17.7 Å². The molecule has 0 amide bonds. The summed E-state index contributed by atoms with van der Waals surface area (Å²) in [6, 6.07) is 15.0. The number of hydrogen-bond donors (Lipinski definition) is 1. The number of benzene rings is 1. The SMILES string of the molecule is COC(=O)[C@H](C(O)c1ccccn1)[C@@H](C)Sc1ccccc1. The standard InChI is InChI=1S/C17H19NO3S/c1-12(22-13-8-4-3-5-9-13)15(17(20)21-2)16(19)14-10-6-7-11-18-14/h3-12,15-16,19H,1-2H3/t12-,15+,16?/m1/s1. The summed E-state index contributed by atoms with van der Waals surface area (Å²) >= 11 is 1.53. The Bertz CT molecular complexity index is 591. The molecular formula is C17H19NO3S. The molecule has 0 radical (unpaired) electrons. The van der Waals surface area contributed by atoms with Crippen LogP contribution in [-0.4, -0.2) is 28.4 Å². The molecule has 3 atom stereocenters. The number of pyridine rings is 1. The van der Waals surface area contributed by atoms with E-state index in [2.05, 4.69) is 4.98 Å². The molecule has 1 aromatic heterocycles. The highest BCUT2D eigenvalue weighted by molar-refractivity contribution is 8.00. The predicted octanol–water partition coefficient (Wildman–Crippen LogP) is 3.09. The van der Waals surface area contributed by atoms with E-state index in [1.165, 1.54) is 18.9 Å². The first-order valence-corrected chi connectivity index (χ1v) is 7.90. The number of aliphatic hydroxyl groups excluding tert-OH is 1. The molecule has 2 rings (SSSR count). The number of esters is 1. The van der Waals surface area contributed by atoms with Crippen molar-refractivity contribution < 1.29 is 14.6 Å². The van der Waals surface area contributed by atoms with E-state index in [1.807, 2.05) is 37.3 Å². The minimum absolute atomic E-state index is 0.160. The number of nitrogens with zero attached hydrogens (tertiary/aromatic N) is 1. The summed E-state index contributed by atoms with van der Waals surface area (Å²) in [5.74, 6) is -1.13. The highest BCUT2D eigenvalue weighted by Gasteiger charge is 2.35. The number of carbonyl (C=O) groups is 1. The third kappa shape index (κ3) is 4.08. The molecule has 1 aromatic carbocycles. The molecular weight excluding hydrogens is 298 g/mol. The highest BCUT2D eigenvalue weighted by Crippen LogP contribution is 2.34. The summed E-state index contributed by atoms with van der Waals surface area (Å²) in [4.78, 5) is 17.3. The summed E-state index contributed by atoms with van der Waals surface area (Å²) in [5, 5.41) is 10.4. The predicted molar refractivity (Wildman–Crippen MR) is 86.5 cm³/mol. The molecule has 5 heteroatoms. The van der Waals surface area contributed by atoms with Gasteiger partial charge in [-0.25, -0.2) is 0 Å². The Kier molecular flexibility index (Phi) is 5.98. The molecule has 0 bridgehead atoms. The van der Waals surface area contributed by atoms with E-state index in [0.717, 1.165) is 4.90 Å². The minimum atomic E-state index is -1.00. The first-order chi connectivity index (χ1) is 10.6. The van der Waals surface area contributed by atoms with Crippen LogP contribution >= 0.6 is 11.8 Å². The minimum Gasteiger partial charge on any atom is -0.469 e. The van der Waals surface area contributed by atoms with Gasteiger partial charge in [0.2, 0.25) is 0 Å². The van der Waals surface area contributed by atoms with Crippen LogP contribution in [0.4, 0.5) is 0 Å². The van der Waals surface area contributed by atoms with Crippen molar-refractivity contribution in [3.63, 3.8) is 0 Å². The molecule has 4 nitrogen and oxygen atoms in total. The average molecular weight is 317 g/mol. The lowest BCUT2D eigenvalue weighted by atomic mass is 9.96. The maximum atomic E-state index is 12.1. The van der Waals surface area contributed by atoms with Gasteiger partial charge >= 0.3 is 5.97 Å². The Morgan fingerprint density at radius 3 is 2.45 bits per heavy atom. The fraction of sp³-hybridized carbons (Fsp3) is 0.294. The average Bonchev–Trinajstić information content (AvgIpc) is 2.56. The van der Waals surface area contributed by atoms with Crippen molar-refractivity contribution in [3.05, 3.63) is 60.4 Å². The van der Waals surface area contributed by atoms with E-state index in [4.69, 9.17) is 4.74 Å². The Morgan fingerprint density at radius 1 is 1.18 bits per heavy atom. The van der Waals surface area contributed by atoms with Gasteiger partial charge in [-0.3, -0.25) is 9.78 Å². The van der Waals surface area contributed by atoms with Crippen LogP contribution in [0.2, 0.25) is 0 Å². The van der Waals surface area contributed by atoms with Gasteiger partial charge in [-0.2, -0.15) is 0 Å². The van der Waals surface area contributed by atoms with E-state index in [1.54, 1.807) is 24.4 Å². The van der Waals surface area contributed by atoms with Crippen molar-refractivity contribution in [2.45, 2.75) is 23.2 Å². The van der Waals surface area contributed by atoms with Gasteiger partial charge < -0.3 is 9.84 Å². The molecule has 0 aliphatic carbocycles. The van der Waals surface area contributed by atoms with E-state index >= 15 is 0 Å². The molecule has 1 unspecified atom stereocenters. The van der Waals surface area contributed by atoms with Gasteiger partial charge in [0.1, 0.15) is 12.0 Å². The molecule has 0 aliphatic rings. The number of aromatic nitrogens is 1. The van der Waals surface area contributed by atoms with Crippen molar-refractivity contribution in [3.8, 4) is 0 Å². The van der Waals surface area contributed by atoms with Crippen LogP contribution < -0.4 is 0 Å². The van der Waals surface area contributed by atoms with Crippen LogP contribution in [0.3, 0.4) is 0 Å². The van der Waals surface area contributed by atoms with E-state index < -0.39 is 18.0 Å². The Labute approximate surface area is 134 Å². The molecule has 22 heavy (non-hydrogen) atoms. The molecule has 0 saturated heterocycles. The fourth-order valence-electron chi connectivity index (χ4n) is 2.24. The Hall–Kier alpha value is -1.85. The second kappa shape index (κ2) is 7.96. The van der Waals surface area contributed by atoms with Crippen molar-refractivity contribution in [1.29, 1.82) is 0 Å². The molecule has 1 heterocycles. The zero-order chi connectivity index (χ0) is 15.9. The fourth-order valence-corrected chi connectivity index (χ4v) is 3.39. The lowest BCUT2D eigenvalue weighted by Gasteiger charge is -2.25. The number of aliphatic hydroxyl groups is 1. The van der Waals surface area contributed by atoms with Crippen molar-refractivity contribution in [1.82, 2.24) is 4.98 Å². The maximum Gasteiger partial charge on any atom is 0.312 e. The second-order valence-electron chi connectivity index (χ2n) is 4.88. The summed E-state index contributed by atoms with van der Waals surface area (Å²) in [6.07, 6.45) is 0.599. The Balaban J connectivity index is 2.20. The van der Waals surface area contributed by atoms with E-state index in [9.17, 15) is 9.90 Å². The van der Waals surface area contributed by atoms with Crippen molar-refractivity contribution in [2.24, 2.45) is 5.92 Å². The van der Waals surface area contributed by atoms with E-state index in [0.29, 0.717) is 5.69 Å². The maximum absolute atomic E-state index is 12.1. The number of thioether (sulfide) groups is 1. The second-order valence-corrected chi connectivity index (χ2v) is 6.34. The monoisotopic (exact) mass is 317 g/mol. The van der Waals surface area contributed by atoms with Gasteiger partial charge in [0.05, 0.1) is 12.8 Å². The first-order valence-electron chi connectivity index (χ1n) is 7.02. The van der Waals surface area contributed by atoms with Crippen LogP contribution in [0.25, 0.3) is 0 Å². The molecule has 0 spiro atoms. The van der Waals surface area contributed by atoms with Gasteiger partial charge in [0.25, 0.3) is 0 Å². The van der Waals surface area contributed by atoms with Crippen LogP contribution in [0.1, 0.15) is 18.7 Å². The van der Waals surface area contributed by atoms with Crippen LogP contribution in [0.15, 0.2) is 59.6 Å². The van der Waals surface area contributed by atoms with Gasteiger partial charge in [-0.1, -0.05) is 31.2 Å². The quantitative estimate of drug-likeness (QED) is 0.655. The van der Waals surface area contributed by atoms with Gasteiger partial charge in [-0.15, -0.1) is 11.8 Å². The van der Waals surface area contributed by atoms with Crippen LogP contribution in [0.5, 0.6) is 0 Å². The smallest absolute Gasteiger partial charge is 0.312 e. The summed E-state index contributed by atoms with van der Waals surface area (Å²) in [5.41, 5.74) is 0.471. The third-order valence-corrected chi connectivity index (χ3v) is 4.58. The Morgan fingerprint density at radius 2 is 1.86 bits per heavy atom. The summed E-state index contributed by atoms with van der Waals surface area (Å²) < 4.78 is 4.87.